The minimum atomic E-state index is 0.316. The Balaban J connectivity index is 2.07. The highest BCUT2D eigenvalue weighted by Crippen LogP contribution is 2.25. The second-order valence-corrected chi connectivity index (χ2v) is 5.99. The summed E-state index contributed by atoms with van der Waals surface area (Å²) in [6.45, 7) is 9.33. The molecular weight excluding hydrogens is 268 g/mol. The maximum Gasteiger partial charge on any atom is 0.255 e. The average molecular weight is 290 g/mol. The minimum absolute atomic E-state index is 0.316. The molecular formula is C16H22N2OS. The summed E-state index contributed by atoms with van der Waals surface area (Å²) >= 11 is 1.65. The normalized spacial score (nSPS) is 12.6. The standard InChI is InChI=1S/C16H22N2OS/c1-5-17-15(10-20-16-18-13(4)9-19-16)14-7-6-11(2)12(3)8-14/h6-9,15,17H,5,10H2,1-4H3. The summed E-state index contributed by atoms with van der Waals surface area (Å²) in [5, 5.41) is 4.28. The third kappa shape index (κ3) is 3.87. The van der Waals surface area contributed by atoms with Gasteiger partial charge in [0.1, 0.15) is 6.26 Å². The molecule has 1 aromatic heterocycles. The molecule has 0 saturated carbocycles. The van der Waals surface area contributed by atoms with E-state index in [1.54, 1.807) is 18.0 Å². The molecule has 4 heteroatoms. The van der Waals surface area contributed by atoms with E-state index in [0.29, 0.717) is 6.04 Å². The Bertz CT molecular complexity index is 565. The topological polar surface area (TPSA) is 38.1 Å². The molecule has 0 saturated heterocycles. The van der Waals surface area contributed by atoms with Crippen LogP contribution >= 0.6 is 11.8 Å². The van der Waals surface area contributed by atoms with Gasteiger partial charge in [0.2, 0.25) is 0 Å². The van der Waals surface area contributed by atoms with Crippen LogP contribution in [0.4, 0.5) is 0 Å². The van der Waals surface area contributed by atoms with Crippen LogP contribution in [0.1, 0.15) is 35.3 Å². The highest BCUT2D eigenvalue weighted by atomic mass is 32.2. The van der Waals surface area contributed by atoms with Crippen LogP contribution in [0.2, 0.25) is 0 Å². The van der Waals surface area contributed by atoms with E-state index in [9.17, 15) is 0 Å². The number of nitrogens with zero attached hydrogens (tertiary/aromatic N) is 1. The number of hydrogen-bond acceptors (Lipinski definition) is 4. The Morgan fingerprint density at radius 3 is 2.65 bits per heavy atom. The van der Waals surface area contributed by atoms with E-state index in [4.69, 9.17) is 4.42 Å². The second-order valence-electron chi connectivity index (χ2n) is 5.02. The van der Waals surface area contributed by atoms with Crippen molar-refractivity contribution in [1.82, 2.24) is 10.3 Å². The molecule has 20 heavy (non-hydrogen) atoms. The van der Waals surface area contributed by atoms with Crippen molar-refractivity contribution in [1.29, 1.82) is 0 Å². The Labute approximate surface area is 125 Å². The molecule has 1 aromatic carbocycles. The quantitative estimate of drug-likeness (QED) is 0.815. The van der Waals surface area contributed by atoms with Gasteiger partial charge in [-0.05, 0) is 44.0 Å². The Hall–Kier alpha value is -1.26. The Kier molecular flexibility index (Phi) is 5.26. The molecule has 0 bridgehead atoms. The van der Waals surface area contributed by atoms with Gasteiger partial charge >= 0.3 is 0 Å². The monoisotopic (exact) mass is 290 g/mol. The molecule has 2 aromatic rings. The van der Waals surface area contributed by atoms with Crippen molar-refractivity contribution in [3.05, 3.63) is 46.8 Å². The van der Waals surface area contributed by atoms with E-state index < -0.39 is 0 Å². The van der Waals surface area contributed by atoms with E-state index in [0.717, 1.165) is 23.2 Å². The lowest BCUT2D eigenvalue weighted by atomic mass is 10.0. The van der Waals surface area contributed by atoms with Crippen LogP contribution in [-0.2, 0) is 0 Å². The maximum atomic E-state index is 5.40. The zero-order valence-electron chi connectivity index (χ0n) is 12.6. The van der Waals surface area contributed by atoms with Gasteiger partial charge in [0, 0.05) is 11.8 Å². The lowest BCUT2D eigenvalue weighted by Gasteiger charge is -2.18. The number of aromatic nitrogens is 1. The first-order chi connectivity index (χ1) is 9.60. The van der Waals surface area contributed by atoms with Crippen molar-refractivity contribution in [2.24, 2.45) is 0 Å². The summed E-state index contributed by atoms with van der Waals surface area (Å²) in [4.78, 5) is 4.34. The number of nitrogens with one attached hydrogen (secondary N) is 1. The first-order valence-electron chi connectivity index (χ1n) is 6.95. The first kappa shape index (κ1) is 15.1. The van der Waals surface area contributed by atoms with Gasteiger partial charge in [-0.25, -0.2) is 4.98 Å². The van der Waals surface area contributed by atoms with Gasteiger partial charge in [-0.2, -0.15) is 0 Å². The third-order valence-corrected chi connectivity index (χ3v) is 4.29. The van der Waals surface area contributed by atoms with Crippen molar-refractivity contribution < 1.29 is 4.42 Å². The average Bonchev–Trinajstić information content (AvgIpc) is 2.84. The molecule has 108 valence electrons. The zero-order chi connectivity index (χ0) is 14.5. The van der Waals surface area contributed by atoms with Crippen molar-refractivity contribution in [3.8, 4) is 0 Å². The third-order valence-electron chi connectivity index (χ3n) is 3.36. The van der Waals surface area contributed by atoms with Crippen LogP contribution in [0.15, 0.2) is 34.1 Å². The summed E-state index contributed by atoms with van der Waals surface area (Å²) in [6.07, 6.45) is 1.70. The fraction of sp³-hybridized carbons (Fsp3) is 0.438. The van der Waals surface area contributed by atoms with Gasteiger partial charge in [0.05, 0.1) is 5.69 Å². The number of thioether (sulfide) groups is 1. The molecule has 3 nitrogen and oxygen atoms in total. The predicted octanol–water partition coefficient (Wildman–Crippen LogP) is 4.04. The highest BCUT2D eigenvalue weighted by Gasteiger charge is 2.13. The molecule has 1 unspecified atom stereocenters. The van der Waals surface area contributed by atoms with Crippen molar-refractivity contribution >= 4 is 11.8 Å². The molecule has 0 radical (unpaired) electrons. The predicted molar refractivity (Wildman–Crippen MR) is 84.3 cm³/mol. The molecule has 1 atom stereocenters. The van der Waals surface area contributed by atoms with E-state index in [1.165, 1.54) is 16.7 Å². The van der Waals surface area contributed by atoms with Crippen LogP contribution in [0.3, 0.4) is 0 Å². The Morgan fingerprint density at radius 2 is 2.05 bits per heavy atom. The number of hydrogen-bond donors (Lipinski definition) is 1. The van der Waals surface area contributed by atoms with Crippen molar-refractivity contribution in [2.45, 2.75) is 39.0 Å². The van der Waals surface area contributed by atoms with Crippen LogP contribution in [0.25, 0.3) is 0 Å². The largest absolute Gasteiger partial charge is 0.440 e. The van der Waals surface area contributed by atoms with Gasteiger partial charge < -0.3 is 9.73 Å². The summed E-state index contributed by atoms with van der Waals surface area (Å²) in [5.74, 6) is 0.913. The van der Waals surface area contributed by atoms with Gasteiger partial charge in [0.15, 0.2) is 0 Å². The lowest BCUT2D eigenvalue weighted by molar-refractivity contribution is 0.453. The maximum absolute atomic E-state index is 5.40. The fourth-order valence-electron chi connectivity index (χ4n) is 2.05. The molecule has 1 heterocycles. The van der Waals surface area contributed by atoms with Crippen LogP contribution in [0, 0.1) is 20.8 Å². The molecule has 0 spiro atoms. The SMILES string of the molecule is CCNC(CSc1nc(C)co1)c1ccc(C)c(C)c1. The van der Waals surface area contributed by atoms with Gasteiger partial charge in [-0.3, -0.25) is 0 Å². The summed E-state index contributed by atoms with van der Waals surface area (Å²) in [7, 11) is 0. The molecule has 0 amide bonds. The molecule has 0 aliphatic heterocycles. The van der Waals surface area contributed by atoms with E-state index in [1.807, 2.05) is 6.92 Å². The van der Waals surface area contributed by atoms with Gasteiger partial charge in [-0.15, -0.1) is 0 Å². The number of oxazole rings is 1. The van der Waals surface area contributed by atoms with Crippen LogP contribution in [0.5, 0.6) is 0 Å². The summed E-state index contributed by atoms with van der Waals surface area (Å²) < 4.78 is 5.40. The first-order valence-corrected chi connectivity index (χ1v) is 7.94. The van der Waals surface area contributed by atoms with Gasteiger partial charge in [-0.1, -0.05) is 36.9 Å². The zero-order valence-corrected chi connectivity index (χ0v) is 13.4. The van der Waals surface area contributed by atoms with E-state index >= 15 is 0 Å². The van der Waals surface area contributed by atoms with E-state index in [-0.39, 0.29) is 0 Å². The summed E-state index contributed by atoms with van der Waals surface area (Å²) in [6, 6.07) is 6.98. The number of rotatable bonds is 6. The molecule has 0 aliphatic rings. The Morgan fingerprint density at radius 1 is 1.25 bits per heavy atom. The van der Waals surface area contributed by atoms with E-state index in [2.05, 4.69) is 49.3 Å². The highest BCUT2D eigenvalue weighted by molar-refractivity contribution is 7.99. The molecule has 2 rings (SSSR count). The summed E-state index contributed by atoms with van der Waals surface area (Å²) in [5.41, 5.74) is 4.92. The minimum Gasteiger partial charge on any atom is -0.440 e. The van der Waals surface area contributed by atoms with Crippen molar-refractivity contribution in [3.63, 3.8) is 0 Å². The number of benzene rings is 1. The molecule has 0 aliphatic carbocycles. The second kappa shape index (κ2) is 6.95. The smallest absolute Gasteiger partial charge is 0.255 e. The lowest BCUT2D eigenvalue weighted by Crippen LogP contribution is -2.23. The molecule has 0 fully saturated rings. The van der Waals surface area contributed by atoms with Crippen LogP contribution in [-0.4, -0.2) is 17.3 Å². The molecule has 1 N–H and O–H groups in total. The van der Waals surface area contributed by atoms with Crippen molar-refractivity contribution in [2.75, 3.05) is 12.3 Å². The number of aryl methyl sites for hydroxylation is 3. The fourth-order valence-corrected chi connectivity index (χ4v) is 3.00. The van der Waals surface area contributed by atoms with Crippen LogP contribution < -0.4 is 5.32 Å². The van der Waals surface area contributed by atoms with Gasteiger partial charge in [0.25, 0.3) is 5.22 Å².